The maximum absolute atomic E-state index is 12.6. The number of hydrogen-bond acceptors (Lipinski definition) is 3. The SMILES string of the molecule is O=C(NCc1nc2ccccc2[nH]1)c1cc(Cl)nc2ccccc12. The van der Waals surface area contributed by atoms with E-state index in [1.54, 1.807) is 6.07 Å². The Morgan fingerprint density at radius 1 is 1.04 bits per heavy atom. The second-order valence-electron chi connectivity index (χ2n) is 5.39. The molecule has 24 heavy (non-hydrogen) atoms. The van der Waals surface area contributed by atoms with Gasteiger partial charge in [0.05, 0.1) is 28.7 Å². The number of benzene rings is 2. The lowest BCUT2D eigenvalue weighted by Crippen LogP contribution is -2.23. The van der Waals surface area contributed by atoms with Gasteiger partial charge in [0.15, 0.2) is 0 Å². The fraction of sp³-hybridized carbons (Fsp3) is 0.0556. The van der Waals surface area contributed by atoms with Crippen molar-refractivity contribution >= 4 is 39.4 Å². The molecular formula is C18H13ClN4O. The van der Waals surface area contributed by atoms with Crippen LogP contribution in [0.3, 0.4) is 0 Å². The number of pyridine rings is 1. The number of aromatic nitrogens is 3. The van der Waals surface area contributed by atoms with Gasteiger partial charge >= 0.3 is 0 Å². The fourth-order valence-electron chi connectivity index (χ4n) is 2.68. The number of halogens is 1. The molecule has 4 aromatic rings. The Labute approximate surface area is 142 Å². The minimum atomic E-state index is -0.212. The fourth-order valence-corrected chi connectivity index (χ4v) is 2.88. The lowest BCUT2D eigenvalue weighted by atomic mass is 10.1. The number of carbonyl (C=O) groups is 1. The Hall–Kier alpha value is -2.92. The van der Waals surface area contributed by atoms with Crippen molar-refractivity contribution in [1.29, 1.82) is 0 Å². The third kappa shape index (κ3) is 2.70. The Kier molecular flexibility index (Phi) is 3.63. The van der Waals surface area contributed by atoms with E-state index in [4.69, 9.17) is 11.6 Å². The molecule has 4 rings (SSSR count). The number of nitrogens with zero attached hydrogens (tertiary/aromatic N) is 2. The van der Waals surface area contributed by atoms with Gasteiger partial charge in [-0.1, -0.05) is 41.9 Å². The van der Waals surface area contributed by atoms with Crippen molar-refractivity contribution in [1.82, 2.24) is 20.3 Å². The highest BCUT2D eigenvalue weighted by Crippen LogP contribution is 2.20. The molecule has 0 aliphatic rings. The van der Waals surface area contributed by atoms with E-state index in [9.17, 15) is 4.79 Å². The number of hydrogen-bond donors (Lipinski definition) is 2. The van der Waals surface area contributed by atoms with Crippen LogP contribution < -0.4 is 5.32 Å². The highest BCUT2D eigenvalue weighted by Gasteiger charge is 2.13. The summed E-state index contributed by atoms with van der Waals surface area (Å²) >= 11 is 6.03. The molecule has 0 bridgehead atoms. The molecule has 0 fully saturated rings. The predicted octanol–water partition coefficient (Wildman–Crippen LogP) is 3.69. The molecule has 6 heteroatoms. The summed E-state index contributed by atoms with van der Waals surface area (Å²) in [7, 11) is 0. The van der Waals surface area contributed by atoms with E-state index < -0.39 is 0 Å². The van der Waals surface area contributed by atoms with E-state index in [1.807, 2.05) is 48.5 Å². The number of para-hydroxylation sites is 3. The van der Waals surface area contributed by atoms with Gasteiger partial charge in [-0.15, -0.1) is 0 Å². The Bertz CT molecular complexity index is 1020. The van der Waals surface area contributed by atoms with Crippen molar-refractivity contribution in [2.24, 2.45) is 0 Å². The number of aromatic amines is 1. The van der Waals surface area contributed by atoms with E-state index in [-0.39, 0.29) is 5.91 Å². The van der Waals surface area contributed by atoms with Crippen molar-refractivity contribution in [3.63, 3.8) is 0 Å². The number of rotatable bonds is 3. The Morgan fingerprint density at radius 2 is 1.79 bits per heavy atom. The van der Waals surface area contributed by atoms with Gasteiger partial charge in [0.2, 0.25) is 0 Å². The summed E-state index contributed by atoms with van der Waals surface area (Å²) in [6, 6.07) is 16.7. The van der Waals surface area contributed by atoms with E-state index >= 15 is 0 Å². The summed E-state index contributed by atoms with van der Waals surface area (Å²) in [5, 5.41) is 3.94. The second kappa shape index (κ2) is 5.94. The van der Waals surface area contributed by atoms with Gasteiger partial charge in [0.1, 0.15) is 11.0 Å². The van der Waals surface area contributed by atoms with Gasteiger partial charge in [-0.25, -0.2) is 9.97 Å². The van der Waals surface area contributed by atoms with Crippen LogP contribution in [0.5, 0.6) is 0 Å². The summed E-state index contributed by atoms with van der Waals surface area (Å²) < 4.78 is 0. The van der Waals surface area contributed by atoms with Crippen molar-refractivity contribution in [3.8, 4) is 0 Å². The number of nitrogens with one attached hydrogen (secondary N) is 2. The molecule has 2 N–H and O–H groups in total. The summed E-state index contributed by atoms with van der Waals surface area (Å²) in [6.07, 6.45) is 0. The molecule has 1 amide bonds. The van der Waals surface area contributed by atoms with Crippen LogP contribution >= 0.6 is 11.6 Å². The van der Waals surface area contributed by atoms with E-state index in [2.05, 4.69) is 20.3 Å². The van der Waals surface area contributed by atoms with Crippen LogP contribution in [0.1, 0.15) is 16.2 Å². The maximum Gasteiger partial charge on any atom is 0.252 e. The first-order valence-corrected chi connectivity index (χ1v) is 7.85. The third-order valence-corrected chi connectivity index (χ3v) is 3.98. The van der Waals surface area contributed by atoms with Crippen LogP contribution in [0, 0.1) is 0 Å². The maximum atomic E-state index is 12.6. The quantitative estimate of drug-likeness (QED) is 0.560. The van der Waals surface area contributed by atoms with Gasteiger partial charge in [-0.2, -0.15) is 0 Å². The number of imidazole rings is 1. The minimum absolute atomic E-state index is 0.212. The number of amides is 1. The van der Waals surface area contributed by atoms with E-state index in [0.717, 1.165) is 16.4 Å². The molecule has 0 radical (unpaired) electrons. The topological polar surface area (TPSA) is 70.7 Å². The molecule has 5 nitrogen and oxygen atoms in total. The molecule has 0 saturated heterocycles. The summed E-state index contributed by atoms with van der Waals surface area (Å²) in [5.41, 5.74) is 3.01. The molecule has 2 heterocycles. The second-order valence-corrected chi connectivity index (χ2v) is 5.78. The molecule has 0 unspecified atom stereocenters. The largest absolute Gasteiger partial charge is 0.345 e. The number of fused-ring (bicyclic) bond motifs is 2. The monoisotopic (exact) mass is 336 g/mol. The van der Waals surface area contributed by atoms with E-state index in [1.165, 1.54) is 0 Å². The molecular weight excluding hydrogens is 324 g/mol. The van der Waals surface area contributed by atoms with E-state index in [0.29, 0.717) is 28.6 Å². The summed E-state index contributed by atoms with van der Waals surface area (Å²) in [6.45, 7) is 0.307. The van der Waals surface area contributed by atoms with Crippen LogP contribution in [0.2, 0.25) is 5.15 Å². The minimum Gasteiger partial charge on any atom is -0.345 e. The van der Waals surface area contributed by atoms with Crippen LogP contribution in [0.15, 0.2) is 54.6 Å². The molecule has 0 atom stereocenters. The number of H-pyrrole nitrogens is 1. The summed E-state index contributed by atoms with van der Waals surface area (Å²) in [4.78, 5) is 24.4. The summed E-state index contributed by atoms with van der Waals surface area (Å²) in [5.74, 6) is 0.491. The molecule has 2 aromatic carbocycles. The van der Waals surface area contributed by atoms with Gasteiger partial charge in [0.25, 0.3) is 5.91 Å². The van der Waals surface area contributed by atoms with Crippen molar-refractivity contribution < 1.29 is 4.79 Å². The van der Waals surface area contributed by atoms with Crippen molar-refractivity contribution in [2.45, 2.75) is 6.54 Å². The van der Waals surface area contributed by atoms with Crippen molar-refractivity contribution in [3.05, 3.63) is 71.1 Å². The van der Waals surface area contributed by atoms with Crippen LogP contribution in [-0.4, -0.2) is 20.9 Å². The lowest BCUT2D eigenvalue weighted by molar-refractivity contribution is 0.0951. The van der Waals surface area contributed by atoms with Crippen LogP contribution in [-0.2, 0) is 6.54 Å². The first kappa shape index (κ1) is 14.7. The van der Waals surface area contributed by atoms with Crippen LogP contribution in [0.4, 0.5) is 0 Å². The molecule has 0 aliphatic carbocycles. The molecule has 2 aromatic heterocycles. The van der Waals surface area contributed by atoms with Crippen molar-refractivity contribution in [2.75, 3.05) is 0 Å². The highest BCUT2D eigenvalue weighted by molar-refractivity contribution is 6.30. The average molecular weight is 337 g/mol. The average Bonchev–Trinajstić information content (AvgIpc) is 3.02. The van der Waals surface area contributed by atoms with Crippen LogP contribution in [0.25, 0.3) is 21.9 Å². The molecule has 0 spiro atoms. The third-order valence-electron chi connectivity index (χ3n) is 3.78. The Morgan fingerprint density at radius 3 is 2.62 bits per heavy atom. The zero-order valence-corrected chi connectivity index (χ0v) is 13.3. The lowest BCUT2D eigenvalue weighted by Gasteiger charge is -2.07. The number of carbonyl (C=O) groups excluding carboxylic acids is 1. The first-order chi connectivity index (χ1) is 11.7. The molecule has 0 aliphatic heterocycles. The van der Waals surface area contributed by atoms with Gasteiger partial charge < -0.3 is 10.3 Å². The zero-order valence-electron chi connectivity index (χ0n) is 12.6. The first-order valence-electron chi connectivity index (χ1n) is 7.48. The molecule has 118 valence electrons. The van der Waals surface area contributed by atoms with Gasteiger partial charge in [-0.05, 0) is 24.3 Å². The molecule has 0 saturated carbocycles. The highest BCUT2D eigenvalue weighted by atomic mass is 35.5. The standard InChI is InChI=1S/C18H13ClN4O/c19-16-9-12(11-5-1-2-6-13(11)21-16)18(24)20-10-17-22-14-7-3-4-8-15(14)23-17/h1-9H,10H2,(H,20,24)(H,22,23). The predicted molar refractivity (Wildman–Crippen MR) is 94.0 cm³/mol. The van der Waals surface area contributed by atoms with Gasteiger partial charge in [0, 0.05) is 5.39 Å². The van der Waals surface area contributed by atoms with Gasteiger partial charge in [-0.3, -0.25) is 4.79 Å². The Balaban J connectivity index is 1.60. The smallest absolute Gasteiger partial charge is 0.252 e. The zero-order chi connectivity index (χ0) is 16.5. The normalized spacial score (nSPS) is 11.0.